The predicted molar refractivity (Wildman–Crippen MR) is 62.8 cm³/mol. The van der Waals surface area contributed by atoms with Gasteiger partial charge in [-0.1, -0.05) is 13.8 Å². The van der Waals surface area contributed by atoms with Gasteiger partial charge in [0, 0.05) is 12.1 Å². The molecule has 0 aliphatic carbocycles. The molecule has 0 fully saturated rings. The van der Waals surface area contributed by atoms with E-state index in [1.807, 2.05) is 13.8 Å². The van der Waals surface area contributed by atoms with E-state index in [1.54, 1.807) is 0 Å². The lowest BCUT2D eigenvalue weighted by Crippen LogP contribution is -2.19. The number of nitro groups is 1. The SMILES string of the molecule is CCC(CC)C(=O)Oc1ccc([N+](=O)[O-])cc1. The molecule has 1 aromatic rings. The van der Waals surface area contributed by atoms with Crippen LogP contribution in [-0.2, 0) is 4.79 Å². The van der Waals surface area contributed by atoms with Crippen molar-refractivity contribution in [2.45, 2.75) is 26.7 Å². The average Bonchev–Trinajstić information content (AvgIpc) is 2.31. The number of non-ortho nitro benzene ring substituents is 1. The molecule has 17 heavy (non-hydrogen) atoms. The van der Waals surface area contributed by atoms with E-state index in [9.17, 15) is 14.9 Å². The van der Waals surface area contributed by atoms with Gasteiger partial charge in [0.15, 0.2) is 0 Å². The molecule has 0 heterocycles. The Bertz CT molecular complexity index is 395. The highest BCUT2D eigenvalue weighted by molar-refractivity contribution is 5.75. The summed E-state index contributed by atoms with van der Waals surface area (Å²) in [5.41, 5.74) is -0.0210. The summed E-state index contributed by atoms with van der Waals surface area (Å²) < 4.78 is 5.13. The molecule has 0 spiro atoms. The maximum absolute atomic E-state index is 11.6. The predicted octanol–water partition coefficient (Wildman–Crippen LogP) is 2.94. The van der Waals surface area contributed by atoms with Gasteiger partial charge >= 0.3 is 5.97 Å². The fourth-order valence-corrected chi connectivity index (χ4v) is 1.46. The van der Waals surface area contributed by atoms with Crippen molar-refractivity contribution in [2.24, 2.45) is 5.92 Å². The highest BCUT2D eigenvalue weighted by atomic mass is 16.6. The molecule has 92 valence electrons. The molecular weight excluding hydrogens is 222 g/mol. The van der Waals surface area contributed by atoms with Crippen LogP contribution in [0, 0.1) is 16.0 Å². The van der Waals surface area contributed by atoms with E-state index in [-0.39, 0.29) is 17.6 Å². The van der Waals surface area contributed by atoms with Crippen LogP contribution < -0.4 is 4.74 Å². The summed E-state index contributed by atoms with van der Waals surface area (Å²) >= 11 is 0. The Morgan fingerprint density at radius 3 is 2.24 bits per heavy atom. The summed E-state index contributed by atoms with van der Waals surface area (Å²) in [6.07, 6.45) is 1.45. The number of nitro benzene ring substituents is 1. The maximum atomic E-state index is 11.6. The number of ether oxygens (including phenoxy) is 1. The second-order valence-corrected chi connectivity index (χ2v) is 3.69. The molecule has 0 saturated carbocycles. The molecule has 0 N–H and O–H groups in total. The molecule has 1 aromatic carbocycles. The van der Waals surface area contributed by atoms with Crippen LogP contribution in [0.2, 0.25) is 0 Å². The van der Waals surface area contributed by atoms with Crippen molar-refractivity contribution in [3.8, 4) is 5.75 Å². The number of nitrogens with zero attached hydrogens (tertiary/aromatic N) is 1. The lowest BCUT2D eigenvalue weighted by atomic mass is 10.0. The van der Waals surface area contributed by atoms with E-state index >= 15 is 0 Å². The Balaban J connectivity index is 2.69. The molecule has 0 bridgehead atoms. The number of esters is 1. The van der Waals surface area contributed by atoms with Gasteiger partial charge in [-0.3, -0.25) is 14.9 Å². The summed E-state index contributed by atoms with van der Waals surface area (Å²) in [4.78, 5) is 21.6. The standard InChI is InChI=1S/C12H15NO4/c1-3-9(4-2)12(14)17-11-7-5-10(6-8-11)13(15)16/h5-9H,3-4H2,1-2H3. The number of benzene rings is 1. The third kappa shape index (κ3) is 3.55. The first-order valence-electron chi connectivity index (χ1n) is 5.54. The molecule has 0 unspecified atom stereocenters. The summed E-state index contributed by atoms with van der Waals surface area (Å²) in [6.45, 7) is 3.84. The minimum absolute atomic E-state index is 0.0210. The lowest BCUT2D eigenvalue weighted by molar-refractivity contribution is -0.384. The minimum Gasteiger partial charge on any atom is -0.426 e. The molecule has 0 aliphatic rings. The number of rotatable bonds is 5. The van der Waals surface area contributed by atoms with Gasteiger partial charge in [-0.15, -0.1) is 0 Å². The van der Waals surface area contributed by atoms with E-state index in [1.165, 1.54) is 24.3 Å². The summed E-state index contributed by atoms with van der Waals surface area (Å²) in [5, 5.41) is 10.4. The number of carbonyl (C=O) groups is 1. The van der Waals surface area contributed by atoms with Crippen LogP contribution in [0.3, 0.4) is 0 Å². The molecule has 0 atom stereocenters. The highest BCUT2D eigenvalue weighted by Gasteiger charge is 2.16. The van der Waals surface area contributed by atoms with Crippen LogP contribution in [0.15, 0.2) is 24.3 Å². The normalized spacial score (nSPS) is 10.3. The van der Waals surface area contributed by atoms with Crippen LogP contribution in [0.1, 0.15) is 26.7 Å². The van der Waals surface area contributed by atoms with Crippen molar-refractivity contribution in [3.05, 3.63) is 34.4 Å². The summed E-state index contributed by atoms with van der Waals surface area (Å²) in [6, 6.07) is 5.49. The number of carbonyl (C=O) groups excluding carboxylic acids is 1. The van der Waals surface area contributed by atoms with Gasteiger partial charge in [0.05, 0.1) is 10.8 Å². The van der Waals surface area contributed by atoms with Gasteiger partial charge in [0.2, 0.25) is 0 Å². The van der Waals surface area contributed by atoms with Crippen molar-refractivity contribution < 1.29 is 14.5 Å². The van der Waals surface area contributed by atoms with Crippen molar-refractivity contribution in [2.75, 3.05) is 0 Å². The molecule has 0 aromatic heterocycles. The minimum atomic E-state index is -0.494. The van der Waals surface area contributed by atoms with Gasteiger partial charge in [-0.2, -0.15) is 0 Å². The van der Waals surface area contributed by atoms with Gasteiger partial charge in [0.25, 0.3) is 5.69 Å². The fourth-order valence-electron chi connectivity index (χ4n) is 1.46. The molecule has 0 saturated heterocycles. The van der Waals surface area contributed by atoms with E-state index < -0.39 is 4.92 Å². The van der Waals surface area contributed by atoms with Crippen LogP contribution in [0.25, 0.3) is 0 Å². The molecule has 5 nitrogen and oxygen atoms in total. The van der Waals surface area contributed by atoms with E-state index in [4.69, 9.17) is 4.74 Å². The van der Waals surface area contributed by atoms with Gasteiger partial charge in [-0.05, 0) is 25.0 Å². The zero-order chi connectivity index (χ0) is 12.8. The van der Waals surface area contributed by atoms with Crippen molar-refractivity contribution in [3.63, 3.8) is 0 Å². The quantitative estimate of drug-likeness (QED) is 0.341. The monoisotopic (exact) mass is 237 g/mol. The molecular formula is C12H15NO4. The maximum Gasteiger partial charge on any atom is 0.314 e. The Labute approximate surface area is 99.5 Å². The number of hydrogen-bond acceptors (Lipinski definition) is 4. The topological polar surface area (TPSA) is 69.4 Å². The van der Waals surface area contributed by atoms with Crippen LogP contribution in [0.4, 0.5) is 5.69 Å². The van der Waals surface area contributed by atoms with Crippen molar-refractivity contribution in [1.82, 2.24) is 0 Å². The van der Waals surface area contributed by atoms with Crippen molar-refractivity contribution >= 4 is 11.7 Å². The Morgan fingerprint density at radius 1 is 1.29 bits per heavy atom. The smallest absolute Gasteiger partial charge is 0.314 e. The summed E-state index contributed by atoms with van der Waals surface area (Å²) in [7, 11) is 0. The first kappa shape index (κ1) is 13.2. The molecule has 0 radical (unpaired) electrons. The van der Waals surface area contributed by atoms with Crippen molar-refractivity contribution in [1.29, 1.82) is 0 Å². The fraction of sp³-hybridized carbons (Fsp3) is 0.417. The molecule has 1 rings (SSSR count). The van der Waals surface area contributed by atoms with E-state index in [0.717, 1.165) is 12.8 Å². The first-order chi connectivity index (χ1) is 8.08. The van der Waals surface area contributed by atoms with Crippen LogP contribution >= 0.6 is 0 Å². The second kappa shape index (κ2) is 5.98. The largest absolute Gasteiger partial charge is 0.426 e. The Kier molecular flexibility index (Phi) is 4.63. The second-order valence-electron chi connectivity index (χ2n) is 3.69. The van der Waals surface area contributed by atoms with Gasteiger partial charge in [-0.25, -0.2) is 0 Å². The third-order valence-corrected chi connectivity index (χ3v) is 2.58. The summed E-state index contributed by atoms with van der Waals surface area (Å²) in [5.74, 6) is -0.0680. The van der Waals surface area contributed by atoms with Crippen LogP contribution in [-0.4, -0.2) is 10.9 Å². The van der Waals surface area contributed by atoms with E-state index in [0.29, 0.717) is 5.75 Å². The average molecular weight is 237 g/mol. The van der Waals surface area contributed by atoms with Crippen LogP contribution in [0.5, 0.6) is 5.75 Å². The lowest BCUT2D eigenvalue weighted by Gasteiger charge is -2.11. The van der Waals surface area contributed by atoms with Gasteiger partial charge in [0.1, 0.15) is 5.75 Å². The zero-order valence-electron chi connectivity index (χ0n) is 9.88. The van der Waals surface area contributed by atoms with Gasteiger partial charge < -0.3 is 4.74 Å². The Hall–Kier alpha value is -1.91. The zero-order valence-corrected chi connectivity index (χ0v) is 9.88. The molecule has 5 heteroatoms. The third-order valence-electron chi connectivity index (χ3n) is 2.58. The highest BCUT2D eigenvalue weighted by Crippen LogP contribution is 2.19. The van der Waals surface area contributed by atoms with E-state index in [2.05, 4.69) is 0 Å². The first-order valence-corrected chi connectivity index (χ1v) is 5.54. The number of hydrogen-bond donors (Lipinski definition) is 0. The molecule has 0 amide bonds. The molecule has 0 aliphatic heterocycles. The Morgan fingerprint density at radius 2 is 1.82 bits per heavy atom.